The molecule has 0 unspecified atom stereocenters. The predicted molar refractivity (Wildman–Crippen MR) is 70.3 cm³/mol. The Kier molecular flexibility index (Phi) is 3.72. The van der Waals surface area contributed by atoms with Gasteiger partial charge < -0.3 is 15.4 Å². The van der Waals surface area contributed by atoms with Gasteiger partial charge in [0.15, 0.2) is 0 Å². The van der Waals surface area contributed by atoms with Gasteiger partial charge in [-0.05, 0) is 17.7 Å². The van der Waals surface area contributed by atoms with Crippen LogP contribution < -0.4 is 10.5 Å². The second kappa shape index (κ2) is 5.27. The summed E-state index contributed by atoms with van der Waals surface area (Å²) >= 11 is 0. The van der Waals surface area contributed by atoms with E-state index in [0.717, 1.165) is 30.9 Å². The molecule has 5 heteroatoms. The summed E-state index contributed by atoms with van der Waals surface area (Å²) in [5, 5.41) is 0. The lowest BCUT2D eigenvalue weighted by atomic mass is 10.1. The SMILES string of the molecule is COc1cc(N)cc(CN2CCN(C)C(=O)C2)c1. The molecule has 1 aliphatic heterocycles. The first kappa shape index (κ1) is 12.7. The highest BCUT2D eigenvalue weighted by atomic mass is 16.5. The maximum Gasteiger partial charge on any atom is 0.236 e. The van der Waals surface area contributed by atoms with Gasteiger partial charge in [0.1, 0.15) is 5.75 Å². The van der Waals surface area contributed by atoms with Crippen LogP contribution in [0.3, 0.4) is 0 Å². The Bertz CT molecular complexity index is 448. The summed E-state index contributed by atoms with van der Waals surface area (Å²) < 4.78 is 5.19. The van der Waals surface area contributed by atoms with Gasteiger partial charge in [0, 0.05) is 38.4 Å². The van der Waals surface area contributed by atoms with E-state index in [1.54, 1.807) is 18.1 Å². The number of methoxy groups -OCH3 is 1. The van der Waals surface area contributed by atoms with Crippen molar-refractivity contribution in [2.75, 3.05) is 39.5 Å². The number of nitrogens with two attached hydrogens (primary N) is 1. The number of piperazine rings is 1. The van der Waals surface area contributed by atoms with Crippen LogP contribution in [0.1, 0.15) is 5.56 Å². The first-order valence-electron chi connectivity index (χ1n) is 5.98. The van der Waals surface area contributed by atoms with Crippen LogP contribution in [0.4, 0.5) is 5.69 Å². The molecule has 0 bridgehead atoms. The Labute approximate surface area is 107 Å². The molecule has 0 radical (unpaired) electrons. The molecule has 1 heterocycles. The van der Waals surface area contributed by atoms with E-state index in [-0.39, 0.29) is 5.91 Å². The van der Waals surface area contributed by atoms with Gasteiger partial charge in [-0.1, -0.05) is 0 Å². The number of hydrogen-bond donors (Lipinski definition) is 1. The number of ether oxygens (including phenoxy) is 1. The molecule has 18 heavy (non-hydrogen) atoms. The van der Waals surface area contributed by atoms with Gasteiger partial charge in [0.05, 0.1) is 13.7 Å². The number of hydrogen-bond acceptors (Lipinski definition) is 4. The van der Waals surface area contributed by atoms with Crippen molar-refractivity contribution < 1.29 is 9.53 Å². The third kappa shape index (κ3) is 2.92. The monoisotopic (exact) mass is 249 g/mol. The number of nitrogens with zero attached hydrogens (tertiary/aromatic N) is 2. The summed E-state index contributed by atoms with van der Waals surface area (Å²) in [5.41, 5.74) is 7.57. The molecule has 0 aliphatic carbocycles. The minimum atomic E-state index is 0.164. The molecule has 2 rings (SSSR count). The summed E-state index contributed by atoms with van der Waals surface area (Å²) in [6.45, 7) is 2.85. The number of anilines is 1. The molecule has 5 nitrogen and oxygen atoms in total. The lowest BCUT2D eigenvalue weighted by molar-refractivity contribution is -0.134. The molecule has 1 fully saturated rings. The number of benzene rings is 1. The van der Waals surface area contributed by atoms with Crippen molar-refractivity contribution in [2.24, 2.45) is 0 Å². The lowest BCUT2D eigenvalue weighted by Gasteiger charge is -2.32. The van der Waals surface area contributed by atoms with Gasteiger partial charge in [-0.15, -0.1) is 0 Å². The highest BCUT2D eigenvalue weighted by Gasteiger charge is 2.20. The van der Waals surface area contributed by atoms with Gasteiger partial charge in [0.2, 0.25) is 5.91 Å². The third-order valence-electron chi connectivity index (χ3n) is 3.17. The van der Waals surface area contributed by atoms with Gasteiger partial charge in [-0.2, -0.15) is 0 Å². The molecule has 1 aromatic carbocycles. The predicted octanol–water partition coefficient (Wildman–Crippen LogP) is 0.551. The Hall–Kier alpha value is -1.75. The summed E-state index contributed by atoms with van der Waals surface area (Å²) in [4.78, 5) is 15.5. The van der Waals surface area contributed by atoms with E-state index >= 15 is 0 Å². The Morgan fingerprint density at radius 1 is 1.33 bits per heavy atom. The van der Waals surface area contributed by atoms with Gasteiger partial charge in [-0.3, -0.25) is 9.69 Å². The minimum Gasteiger partial charge on any atom is -0.497 e. The molecule has 0 spiro atoms. The van der Waals surface area contributed by atoms with Crippen LogP contribution in [-0.4, -0.2) is 49.5 Å². The maximum absolute atomic E-state index is 11.6. The van der Waals surface area contributed by atoms with Crippen LogP contribution in [0.5, 0.6) is 5.75 Å². The van der Waals surface area contributed by atoms with Gasteiger partial charge in [-0.25, -0.2) is 0 Å². The van der Waals surface area contributed by atoms with Crippen LogP contribution in [0.2, 0.25) is 0 Å². The zero-order valence-electron chi connectivity index (χ0n) is 10.8. The number of rotatable bonds is 3. The summed E-state index contributed by atoms with van der Waals surface area (Å²) in [7, 11) is 3.46. The van der Waals surface area contributed by atoms with Crippen LogP contribution in [0, 0.1) is 0 Å². The van der Waals surface area contributed by atoms with E-state index in [1.807, 2.05) is 19.2 Å². The number of likely N-dealkylation sites (N-methyl/N-ethyl adjacent to an activating group) is 1. The number of carbonyl (C=O) groups excluding carboxylic acids is 1. The van der Waals surface area contributed by atoms with Gasteiger partial charge >= 0.3 is 0 Å². The van der Waals surface area contributed by atoms with Crippen molar-refractivity contribution in [1.29, 1.82) is 0 Å². The average Bonchev–Trinajstić information content (AvgIpc) is 2.33. The highest BCUT2D eigenvalue weighted by Crippen LogP contribution is 2.20. The Morgan fingerprint density at radius 2 is 2.11 bits per heavy atom. The molecule has 0 aromatic heterocycles. The first-order chi connectivity index (χ1) is 8.58. The molecule has 0 saturated carbocycles. The smallest absolute Gasteiger partial charge is 0.236 e. The van der Waals surface area contributed by atoms with Gasteiger partial charge in [0.25, 0.3) is 0 Å². The van der Waals surface area contributed by atoms with Crippen molar-refractivity contribution in [3.63, 3.8) is 0 Å². The largest absolute Gasteiger partial charge is 0.497 e. The fraction of sp³-hybridized carbons (Fsp3) is 0.462. The van der Waals surface area contributed by atoms with E-state index in [9.17, 15) is 4.79 Å². The molecule has 2 N–H and O–H groups in total. The van der Waals surface area contributed by atoms with Crippen LogP contribution in [0.25, 0.3) is 0 Å². The number of amides is 1. The van der Waals surface area contributed by atoms with E-state index in [1.165, 1.54) is 0 Å². The Morgan fingerprint density at radius 3 is 2.78 bits per heavy atom. The highest BCUT2D eigenvalue weighted by molar-refractivity contribution is 5.78. The molecule has 1 aromatic rings. The first-order valence-corrected chi connectivity index (χ1v) is 5.98. The average molecular weight is 249 g/mol. The molecule has 0 atom stereocenters. The lowest BCUT2D eigenvalue weighted by Crippen LogP contribution is -2.47. The van der Waals surface area contributed by atoms with Crippen molar-refractivity contribution in [2.45, 2.75) is 6.54 Å². The number of carbonyl (C=O) groups is 1. The molecule has 1 amide bonds. The fourth-order valence-electron chi connectivity index (χ4n) is 2.10. The standard InChI is InChI=1S/C13H19N3O2/c1-15-3-4-16(9-13(15)17)8-10-5-11(14)7-12(6-10)18-2/h5-7H,3-4,8-9,14H2,1-2H3. The zero-order valence-corrected chi connectivity index (χ0v) is 10.8. The van der Waals surface area contributed by atoms with Crippen LogP contribution in [0.15, 0.2) is 18.2 Å². The quantitative estimate of drug-likeness (QED) is 0.795. The molecule has 1 saturated heterocycles. The van der Waals surface area contributed by atoms with Crippen LogP contribution >= 0.6 is 0 Å². The van der Waals surface area contributed by atoms with E-state index < -0.39 is 0 Å². The van der Waals surface area contributed by atoms with E-state index in [0.29, 0.717) is 12.2 Å². The van der Waals surface area contributed by atoms with Crippen molar-refractivity contribution in [1.82, 2.24) is 9.80 Å². The second-order valence-corrected chi connectivity index (χ2v) is 4.64. The normalized spacial score (nSPS) is 17.0. The topological polar surface area (TPSA) is 58.8 Å². The molecule has 98 valence electrons. The van der Waals surface area contributed by atoms with Crippen molar-refractivity contribution in [3.05, 3.63) is 23.8 Å². The zero-order chi connectivity index (χ0) is 13.1. The van der Waals surface area contributed by atoms with Crippen molar-refractivity contribution >= 4 is 11.6 Å². The van der Waals surface area contributed by atoms with E-state index in [2.05, 4.69) is 4.90 Å². The summed E-state index contributed by atoms with van der Waals surface area (Å²) in [6.07, 6.45) is 0. The fourth-order valence-corrected chi connectivity index (χ4v) is 2.10. The van der Waals surface area contributed by atoms with E-state index in [4.69, 9.17) is 10.5 Å². The molecular formula is C13H19N3O2. The molecular weight excluding hydrogens is 230 g/mol. The minimum absolute atomic E-state index is 0.164. The summed E-state index contributed by atoms with van der Waals surface area (Å²) in [6, 6.07) is 5.67. The second-order valence-electron chi connectivity index (χ2n) is 4.64. The Balaban J connectivity index is 2.05. The summed E-state index contributed by atoms with van der Waals surface area (Å²) in [5.74, 6) is 0.919. The maximum atomic E-state index is 11.6. The number of nitrogen functional groups attached to an aromatic ring is 1. The third-order valence-corrected chi connectivity index (χ3v) is 3.17. The van der Waals surface area contributed by atoms with Crippen LogP contribution in [-0.2, 0) is 11.3 Å². The molecule has 1 aliphatic rings. The van der Waals surface area contributed by atoms with Crippen molar-refractivity contribution in [3.8, 4) is 5.75 Å².